The van der Waals surface area contributed by atoms with Crippen LogP contribution in [0.4, 0.5) is 4.79 Å². The zero-order valence-electron chi connectivity index (χ0n) is 29.5. The third-order valence-corrected chi connectivity index (χ3v) is 10.8. The molecule has 8 aromatic heterocycles. The average molecular weight is 707 g/mol. The van der Waals surface area contributed by atoms with Crippen LogP contribution < -0.4 is 5.32 Å². The highest BCUT2D eigenvalue weighted by Gasteiger charge is 2.34. The molecule has 2 atom stereocenters. The number of nitrogens with zero attached hydrogens (tertiary/aromatic N) is 9. The van der Waals surface area contributed by atoms with E-state index in [0.717, 1.165) is 92.7 Å². The Bertz CT molecular complexity index is 2660. The van der Waals surface area contributed by atoms with E-state index < -0.39 is 5.60 Å². The van der Waals surface area contributed by atoms with E-state index in [9.17, 15) is 4.79 Å². The summed E-state index contributed by atoms with van der Waals surface area (Å²) in [4.78, 5) is 32.4. The standard InChI is InChI=1S/C39H38N12O2/c1-39(2,18-25-15-27(31-21-45-51-35(31)6-4-11-43-51)29-17-32(48-37(29)46-25)23-7-12-40-19-23)53-38(52)49-14-9-24(22-49)33-16-28-26(8-13-41-36(28)47-33)30-20-44-50-34(30)5-3-10-42-50/h3-6,8,10-11,13,15-17,20-21,23-24,40H,7,9,12,14,18-19,22H2,1-2H3,(H,41,47)(H,46,48)/t23?,24-/m0/s1. The van der Waals surface area contributed by atoms with Crippen molar-refractivity contribution in [1.82, 2.24) is 59.8 Å². The van der Waals surface area contributed by atoms with E-state index >= 15 is 0 Å². The van der Waals surface area contributed by atoms with Crippen LogP contribution in [0.15, 0.2) is 79.5 Å². The lowest BCUT2D eigenvalue weighted by Gasteiger charge is -2.28. The highest BCUT2D eigenvalue weighted by Crippen LogP contribution is 2.37. The van der Waals surface area contributed by atoms with Gasteiger partial charge in [-0.2, -0.15) is 29.7 Å². The molecule has 2 saturated heterocycles. The molecular formula is C39H38N12O2. The number of ether oxygens (including phenoxy) is 1. The SMILES string of the molecule is CC(C)(Cc1cc(-c2cnn3ncccc23)c2cc(C3CCNC3)[nH]c2n1)OC(=O)N1CC[C@H](c2cc3c(-c4cnn5ncccc45)ccnc3[nH]2)C1. The van der Waals surface area contributed by atoms with Crippen molar-refractivity contribution in [2.24, 2.45) is 0 Å². The van der Waals surface area contributed by atoms with Crippen molar-refractivity contribution in [3.63, 3.8) is 0 Å². The summed E-state index contributed by atoms with van der Waals surface area (Å²) in [6.45, 7) is 7.01. The van der Waals surface area contributed by atoms with E-state index in [1.807, 2.05) is 67.7 Å². The molecule has 2 aliphatic heterocycles. The Hall–Kier alpha value is -6.15. The Balaban J connectivity index is 0.886. The number of nitrogens with one attached hydrogen (secondary N) is 3. The minimum absolute atomic E-state index is 0.127. The van der Waals surface area contributed by atoms with Gasteiger partial charge in [0.15, 0.2) is 0 Å². The molecule has 0 aliphatic carbocycles. The maximum absolute atomic E-state index is 13.7. The fourth-order valence-corrected chi connectivity index (χ4v) is 8.17. The Morgan fingerprint density at radius 2 is 1.51 bits per heavy atom. The van der Waals surface area contributed by atoms with E-state index in [-0.39, 0.29) is 12.0 Å². The molecule has 10 heterocycles. The largest absolute Gasteiger partial charge is 0.443 e. The van der Waals surface area contributed by atoms with Gasteiger partial charge in [-0.1, -0.05) is 0 Å². The first-order valence-electron chi connectivity index (χ1n) is 18.1. The summed E-state index contributed by atoms with van der Waals surface area (Å²) < 4.78 is 9.52. The Morgan fingerprint density at radius 3 is 2.25 bits per heavy atom. The van der Waals surface area contributed by atoms with Crippen LogP contribution in [0.3, 0.4) is 0 Å². The van der Waals surface area contributed by atoms with Gasteiger partial charge < -0.3 is 24.9 Å². The molecule has 0 bridgehead atoms. The number of hydrogen-bond donors (Lipinski definition) is 3. The van der Waals surface area contributed by atoms with E-state index in [1.54, 1.807) is 21.7 Å². The third-order valence-electron chi connectivity index (χ3n) is 10.8. The van der Waals surface area contributed by atoms with Gasteiger partial charge in [-0.3, -0.25) is 0 Å². The summed E-state index contributed by atoms with van der Waals surface area (Å²) in [7, 11) is 0. The number of likely N-dealkylation sites (tertiary alicyclic amines) is 1. The van der Waals surface area contributed by atoms with Crippen molar-refractivity contribution in [2.75, 3.05) is 26.2 Å². The van der Waals surface area contributed by atoms with Gasteiger partial charge in [0.05, 0.1) is 23.4 Å². The second-order valence-corrected chi connectivity index (χ2v) is 14.8. The lowest BCUT2D eigenvalue weighted by molar-refractivity contribution is 0.0172. The predicted octanol–water partition coefficient (Wildman–Crippen LogP) is 5.88. The summed E-state index contributed by atoms with van der Waals surface area (Å²) in [5, 5.41) is 23.2. The van der Waals surface area contributed by atoms with Crippen molar-refractivity contribution < 1.29 is 9.53 Å². The van der Waals surface area contributed by atoms with Gasteiger partial charge in [0, 0.05) is 95.5 Å². The van der Waals surface area contributed by atoms with Gasteiger partial charge in [0.25, 0.3) is 0 Å². The first-order chi connectivity index (χ1) is 25.9. The lowest BCUT2D eigenvalue weighted by Crippen LogP contribution is -2.38. The second kappa shape index (κ2) is 12.2. The zero-order chi connectivity index (χ0) is 35.7. The fourth-order valence-electron chi connectivity index (χ4n) is 8.17. The van der Waals surface area contributed by atoms with Crippen LogP contribution in [0.5, 0.6) is 0 Å². The summed E-state index contributed by atoms with van der Waals surface area (Å²) in [6.07, 6.45) is 11.0. The molecule has 2 fully saturated rings. The van der Waals surface area contributed by atoms with Gasteiger partial charge in [0.1, 0.15) is 16.9 Å². The van der Waals surface area contributed by atoms with Gasteiger partial charge in [-0.25, -0.2) is 14.8 Å². The van der Waals surface area contributed by atoms with Crippen LogP contribution >= 0.6 is 0 Å². The molecule has 266 valence electrons. The molecule has 0 saturated carbocycles. The first-order valence-corrected chi connectivity index (χ1v) is 18.1. The minimum Gasteiger partial charge on any atom is -0.443 e. The topological polar surface area (TPSA) is 159 Å². The van der Waals surface area contributed by atoms with Crippen LogP contribution in [0.25, 0.3) is 55.4 Å². The normalized spacial score (nSPS) is 18.0. The third kappa shape index (κ3) is 5.57. The number of pyridine rings is 2. The van der Waals surface area contributed by atoms with Gasteiger partial charge in [0.2, 0.25) is 0 Å². The molecule has 1 unspecified atom stereocenters. The number of H-pyrrole nitrogens is 2. The highest BCUT2D eigenvalue weighted by atomic mass is 16.6. The average Bonchev–Trinajstić information content (AvgIpc) is 4.00. The molecule has 0 spiro atoms. The van der Waals surface area contributed by atoms with Crippen molar-refractivity contribution in [2.45, 2.75) is 50.5 Å². The van der Waals surface area contributed by atoms with Gasteiger partial charge >= 0.3 is 6.09 Å². The van der Waals surface area contributed by atoms with Crippen LogP contribution in [0, 0.1) is 0 Å². The van der Waals surface area contributed by atoms with E-state index in [2.05, 4.69) is 58.9 Å². The molecule has 8 aromatic rings. The maximum Gasteiger partial charge on any atom is 0.410 e. The van der Waals surface area contributed by atoms with E-state index in [0.29, 0.717) is 25.4 Å². The van der Waals surface area contributed by atoms with Crippen molar-refractivity contribution in [3.8, 4) is 22.3 Å². The summed E-state index contributed by atoms with van der Waals surface area (Å²) in [6, 6.07) is 16.4. The van der Waals surface area contributed by atoms with E-state index in [1.165, 1.54) is 5.69 Å². The van der Waals surface area contributed by atoms with E-state index in [4.69, 9.17) is 9.72 Å². The van der Waals surface area contributed by atoms with Crippen LogP contribution in [-0.4, -0.2) is 92.4 Å². The Kier molecular flexibility index (Phi) is 7.28. The Morgan fingerprint density at radius 1 is 0.811 bits per heavy atom. The summed E-state index contributed by atoms with van der Waals surface area (Å²) >= 11 is 0. The highest BCUT2D eigenvalue weighted by molar-refractivity contribution is 5.99. The molecular weight excluding hydrogens is 669 g/mol. The van der Waals surface area contributed by atoms with Crippen molar-refractivity contribution >= 4 is 39.2 Å². The van der Waals surface area contributed by atoms with Gasteiger partial charge in [-0.05, 0) is 92.9 Å². The molecule has 3 N–H and O–H groups in total. The number of aromatic amines is 2. The molecule has 2 aliphatic rings. The molecule has 14 heteroatoms. The van der Waals surface area contributed by atoms with Crippen LogP contribution in [0.1, 0.15) is 55.6 Å². The number of carbonyl (C=O) groups excluding carboxylic acids is 1. The number of rotatable bonds is 7. The molecule has 10 rings (SSSR count). The van der Waals surface area contributed by atoms with Crippen molar-refractivity contribution in [1.29, 1.82) is 0 Å². The summed E-state index contributed by atoms with van der Waals surface area (Å²) in [5.74, 6) is 0.535. The first kappa shape index (κ1) is 31.6. The maximum atomic E-state index is 13.7. The number of fused-ring (bicyclic) bond motifs is 4. The quantitative estimate of drug-likeness (QED) is 0.184. The number of carbonyl (C=O) groups is 1. The molecule has 0 radical (unpaired) electrons. The molecule has 1 amide bonds. The Labute approximate surface area is 303 Å². The molecule has 0 aromatic carbocycles. The van der Waals surface area contributed by atoms with Crippen LogP contribution in [-0.2, 0) is 11.2 Å². The smallest absolute Gasteiger partial charge is 0.410 e. The van der Waals surface area contributed by atoms with Gasteiger partial charge in [-0.15, -0.1) is 0 Å². The molecule has 14 nitrogen and oxygen atoms in total. The number of aromatic nitrogens is 10. The number of amides is 1. The minimum atomic E-state index is -0.816. The summed E-state index contributed by atoms with van der Waals surface area (Å²) in [5.41, 5.74) is 9.75. The second-order valence-electron chi connectivity index (χ2n) is 14.8. The lowest BCUT2D eigenvalue weighted by atomic mass is 9.97. The van der Waals surface area contributed by atoms with Crippen molar-refractivity contribution in [3.05, 3.63) is 96.6 Å². The molecule has 53 heavy (non-hydrogen) atoms. The monoisotopic (exact) mass is 706 g/mol. The predicted molar refractivity (Wildman–Crippen MR) is 200 cm³/mol. The van der Waals surface area contributed by atoms with Crippen LogP contribution in [0.2, 0.25) is 0 Å². The fraction of sp³-hybridized carbons (Fsp3) is 0.308. The number of hydrogen-bond acceptors (Lipinski definition) is 9. The zero-order valence-corrected chi connectivity index (χ0v) is 29.5.